The van der Waals surface area contributed by atoms with Gasteiger partial charge >= 0.3 is 6.36 Å². The van der Waals surface area contributed by atoms with E-state index in [0.29, 0.717) is 19.0 Å². The van der Waals surface area contributed by atoms with Gasteiger partial charge in [-0.3, -0.25) is 4.79 Å². The van der Waals surface area contributed by atoms with Crippen molar-refractivity contribution in [1.29, 1.82) is 0 Å². The zero-order chi connectivity index (χ0) is 15.2. The SMILES string of the molecule is CC(=O)NCCC#Cc1ccc(OC(F)(F)F)cc1F. The molecule has 1 rings (SSSR count). The third-order valence-corrected chi connectivity index (χ3v) is 2.02. The van der Waals surface area contributed by atoms with Crippen molar-refractivity contribution in [2.45, 2.75) is 19.7 Å². The molecule has 0 aliphatic heterocycles. The molecular weight excluding hydrogens is 278 g/mol. The summed E-state index contributed by atoms with van der Waals surface area (Å²) in [4.78, 5) is 10.6. The predicted octanol–water partition coefficient (Wildman–Crippen LogP) is 2.60. The van der Waals surface area contributed by atoms with Gasteiger partial charge in [0, 0.05) is 26.0 Å². The maximum Gasteiger partial charge on any atom is 0.573 e. The number of hydrogen-bond donors (Lipinski definition) is 1. The lowest BCUT2D eigenvalue weighted by atomic mass is 10.2. The molecule has 0 heterocycles. The average molecular weight is 289 g/mol. The number of rotatable bonds is 3. The van der Waals surface area contributed by atoms with Gasteiger partial charge in [-0.1, -0.05) is 11.8 Å². The molecule has 0 saturated heterocycles. The van der Waals surface area contributed by atoms with E-state index in [2.05, 4.69) is 21.9 Å². The van der Waals surface area contributed by atoms with Crippen molar-refractivity contribution >= 4 is 5.91 Å². The minimum Gasteiger partial charge on any atom is -0.406 e. The molecule has 1 amide bonds. The number of amides is 1. The maximum atomic E-state index is 13.4. The lowest BCUT2D eigenvalue weighted by Gasteiger charge is -2.08. The number of ether oxygens (including phenoxy) is 1. The van der Waals surface area contributed by atoms with Crippen LogP contribution >= 0.6 is 0 Å². The van der Waals surface area contributed by atoms with Crippen molar-refractivity contribution in [2.75, 3.05) is 6.54 Å². The molecule has 1 N–H and O–H groups in total. The normalized spacial score (nSPS) is 10.4. The highest BCUT2D eigenvalue weighted by Gasteiger charge is 2.31. The van der Waals surface area contributed by atoms with Gasteiger partial charge in [0.1, 0.15) is 11.6 Å². The number of benzene rings is 1. The molecule has 108 valence electrons. The molecule has 0 radical (unpaired) electrons. The largest absolute Gasteiger partial charge is 0.573 e. The van der Waals surface area contributed by atoms with Crippen LogP contribution in [0.5, 0.6) is 5.75 Å². The van der Waals surface area contributed by atoms with Gasteiger partial charge in [0.15, 0.2) is 0 Å². The Balaban J connectivity index is 2.65. The monoisotopic (exact) mass is 289 g/mol. The average Bonchev–Trinajstić information content (AvgIpc) is 2.28. The Morgan fingerprint density at radius 2 is 2.10 bits per heavy atom. The maximum absolute atomic E-state index is 13.4. The first-order chi connectivity index (χ1) is 9.28. The van der Waals surface area contributed by atoms with E-state index in [9.17, 15) is 22.4 Å². The van der Waals surface area contributed by atoms with Crippen LogP contribution in [-0.4, -0.2) is 18.8 Å². The van der Waals surface area contributed by atoms with E-state index in [0.717, 1.165) is 12.1 Å². The van der Waals surface area contributed by atoms with Crippen LogP contribution in [0.15, 0.2) is 18.2 Å². The van der Waals surface area contributed by atoms with Crippen LogP contribution < -0.4 is 10.1 Å². The second-order valence-electron chi connectivity index (χ2n) is 3.72. The van der Waals surface area contributed by atoms with Crippen LogP contribution in [0.3, 0.4) is 0 Å². The third-order valence-electron chi connectivity index (χ3n) is 2.02. The molecule has 1 aromatic carbocycles. The van der Waals surface area contributed by atoms with Crippen LogP contribution in [-0.2, 0) is 4.79 Å². The molecule has 0 bridgehead atoms. The molecular formula is C13H11F4NO2. The molecule has 0 aromatic heterocycles. The molecule has 0 unspecified atom stereocenters. The van der Waals surface area contributed by atoms with Crippen LogP contribution in [0, 0.1) is 17.7 Å². The highest BCUT2D eigenvalue weighted by Crippen LogP contribution is 2.24. The Morgan fingerprint density at radius 3 is 2.65 bits per heavy atom. The summed E-state index contributed by atoms with van der Waals surface area (Å²) >= 11 is 0. The van der Waals surface area contributed by atoms with E-state index >= 15 is 0 Å². The fourth-order valence-electron chi connectivity index (χ4n) is 1.25. The van der Waals surface area contributed by atoms with Gasteiger partial charge in [0.05, 0.1) is 5.56 Å². The predicted molar refractivity (Wildman–Crippen MR) is 63.3 cm³/mol. The summed E-state index contributed by atoms with van der Waals surface area (Å²) in [5.74, 6) is 3.32. The van der Waals surface area contributed by atoms with E-state index < -0.39 is 17.9 Å². The first-order valence-electron chi connectivity index (χ1n) is 5.56. The van der Waals surface area contributed by atoms with Gasteiger partial charge in [-0.25, -0.2) is 4.39 Å². The van der Waals surface area contributed by atoms with Crippen molar-refractivity contribution in [3.8, 4) is 17.6 Å². The van der Waals surface area contributed by atoms with Crippen molar-refractivity contribution in [3.05, 3.63) is 29.6 Å². The summed E-state index contributed by atoms with van der Waals surface area (Å²) in [6.07, 6.45) is -4.56. The minimum absolute atomic E-state index is 0.0395. The second-order valence-corrected chi connectivity index (χ2v) is 3.72. The Kier molecular flexibility index (Phi) is 5.38. The molecule has 20 heavy (non-hydrogen) atoms. The summed E-state index contributed by atoms with van der Waals surface area (Å²) in [5.41, 5.74) is -0.0395. The van der Waals surface area contributed by atoms with Crippen molar-refractivity contribution in [1.82, 2.24) is 5.32 Å². The molecule has 0 aliphatic carbocycles. The Labute approximate surface area is 112 Å². The number of carbonyl (C=O) groups excluding carboxylic acids is 1. The number of halogens is 4. The first-order valence-corrected chi connectivity index (χ1v) is 5.56. The molecule has 0 spiro atoms. The molecule has 0 saturated carbocycles. The fraction of sp³-hybridized carbons (Fsp3) is 0.308. The minimum atomic E-state index is -4.86. The molecule has 0 atom stereocenters. The summed E-state index contributed by atoms with van der Waals surface area (Å²) in [5, 5.41) is 2.50. The molecule has 0 fully saturated rings. The summed E-state index contributed by atoms with van der Waals surface area (Å²) in [6, 6.07) is 2.70. The molecule has 1 aromatic rings. The Morgan fingerprint density at radius 1 is 1.40 bits per heavy atom. The zero-order valence-electron chi connectivity index (χ0n) is 10.5. The van der Waals surface area contributed by atoms with Gasteiger partial charge in [0.2, 0.25) is 5.91 Å². The van der Waals surface area contributed by atoms with Crippen LogP contribution in [0.1, 0.15) is 18.9 Å². The Hall–Kier alpha value is -2.23. The number of hydrogen-bond acceptors (Lipinski definition) is 2. The van der Waals surface area contributed by atoms with Crippen molar-refractivity contribution < 1.29 is 27.1 Å². The molecule has 7 heteroatoms. The number of alkyl halides is 3. The smallest absolute Gasteiger partial charge is 0.406 e. The van der Waals surface area contributed by atoms with Crippen LogP contribution in [0.2, 0.25) is 0 Å². The highest BCUT2D eigenvalue weighted by atomic mass is 19.4. The van der Waals surface area contributed by atoms with E-state index in [1.165, 1.54) is 6.92 Å². The molecule has 3 nitrogen and oxygen atoms in total. The fourth-order valence-corrected chi connectivity index (χ4v) is 1.25. The van der Waals surface area contributed by atoms with Crippen molar-refractivity contribution in [3.63, 3.8) is 0 Å². The van der Waals surface area contributed by atoms with E-state index in [1.54, 1.807) is 0 Å². The van der Waals surface area contributed by atoms with Crippen molar-refractivity contribution in [2.24, 2.45) is 0 Å². The van der Waals surface area contributed by atoms with Gasteiger partial charge in [-0.05, 0) is 12.1 Å². The standard InChI is InChI=1S/C13H11F4NO2/c1-9(19)18-7-3-2-4-10-5-6-11(8-12(10)14)20-13(15,16)17/h5-6,8H,3,7H2,1H3,(H,18,19). The molecule has 0 aliphatic rings. The van der Waals surface area contributed by atoms with E-state index in [-0.39, 0.29) is 11.5 Å². The quantitative estimate of drug-likeness (QED) is 0.528. The number of carbonyl (C=O) groups is 1. The summed E-state index contributed by atoms with van der Waals surface area (Å²) in [7, 11) is 0. The van der Waals surface area contributed by atoms with Crippen LogP contribution in [0.25, 0.3) is 0 Å². The highest BCUT2D eigenvalue weighted by molar-refractivity contribution is 5.72. The van der Waals surface area contributed by atoms with Gasteiger partial charge in [-0.2, -0.15) is 0 Å². The van der Waals surface area contributed by atoms with E-state index in [4.69, 9.17) is 0 Å². The summed E-state index contributed by atoms with van der Waals surface area (Å²) in [6.45, 7) is 1.67. The van der Waals surface area contributed by atoms with Gasteiger partial charge in [0.25, 0.3) is 0 Å². The van der Waals surface area contributed by atoms with Gasteiger partial charge in [-0.15, -0.1) is 13.2 Å². The summed E-state index contributed by atoms with van der Waals surface area (Å²) < 4.78 is 52.8. The third kappa shape index (κ3) is 6.09. The van der Waals surface area contributed by atoms with Gasteiger partial charge < -0.3 is 10.1 Å². The van der Waals surface area contributed by atoms with Crippen LogP contribution in [0.4, 0.5) is 17.6 Å². The first kappa shape index (κ1) is 15.8. The lowest BCUT2D eigenvalue weighted by Crippen LogP contribution is -2.20. The second kappa shape index (κ2) is 6.80. The Bertz CT molecular complexity index is 544. The van der Waals surface area contributed by atoms with E-state index in [1.807, 2.05) is 0 Å². The topological polar surface area (TPSA) is 38.3 Å². The zero-order valence-corrected chi connectivity index (χ0v) is 10.5. The number of nitrogens with one attached hydrogen (secondary N) is 1. The lowest BCUT2D eigenvalue weighted by molar-refractivity contribution is -0.274.